The lowest BCUT2D eigenvalue weighted by atomic mass is 9.81. The van der Waals surface area contributed by atoms with E-state index >= 15 is 0 Å². The molecule has 0 bridgehead atoms. The number of carbonyl (C=O) groups is 2. The van der Waals surface area contributed by atoms with Crippen molar-refractivity contribution in [2.75, 3.05) is 32.8 Å². The Balaban J connectivity index is 1.66. The first-order valence-corrected chi connectivity index (χ1v) is 7.43. The number of fused-ring (bicyclic) bond motifs is 1. The normalized spacial score (nSPS) is 32.0. The second-order valence-electron chi connectivity index (χ2n) is 6.23. The third-order valence-corrected chi connectivity index (χ3v) is 5.03. The van der Waals surface area contributed by atoms with E-state index < -0.39 is 11.6 Å². The summed E-state index contributed by atoms with van der Waals surface area (Å²) in [6.07, 6.45) is 2.25. The highest BCUT2D eigenvalue weighted by atomic mass is 19.1. The van der Waals surface area contributed by atoms with Crippen LogP contribution in [0.2, 0.25) is 0 Å². The van der Waals surface area contributed by atoms with E-state index in [0.29, 0.717) is 39.0 Å². The smallest absolute Gasteiger partial charge is 0.260 e. The van der Waals surface area contributed by atoms with Crippen LogP contribution < -0.4 is 0 Å². The number of alkyl halides is 1. The maximum atomic E-state index is 14.2. The molecule has 0 aromatic carbocycles. The van der Waals surface area contributed by atoms with Crippen molar-refractivity contribution in [1.29, 1.82) is 0 Å². The summed E-state index contributed by atoms with van der Waals surface area (Å²) in [7, 11) is 0. The van der Waals surface area contributed by atoms with Crippen molar-refractivity contribution >= 4 is 11.8 Å². The fourth-order valence-electron chi connectivity index (χ4n) is 3.60. The lowest BCUT2D eigenvalue weighted by molar-refractivity contribution is -0.149. The number of piperidine rings is 1. The fourth-order valence-corrected chi connectivity index (χ4v) is 3.60. The first kappa shape index (κ1) is 13.8. The van der Waals surface area contributed by atoms with Crippen molar-refractivity contribution in [2.24, 2.45) is 11.8 Å². The quantitative estimate of drug-likeness (QED) is 0.804. The molecular formula is C14H21FN2O3. The summed E-state index contributed by atoms with van der Waals surface area (Å²) < 4.78 is 14.2. The van der Waals surface area contributed by atoms with Crippen molar-refractivity contribution in [2.45, 2.75) is 31.4 Å². The van der Waals surface area contributed by atoms with Crippen molar-refractivity contribution < 1.29 is 19.1 Å². The third-order valence-electron chi connectivity index (χ3n) is 5.03. The molecule has 5 nitrogen and oxygen atoms in total. The number of hydrogen-bond acceptors (Lipinski definition) is 3. The predicted octanol–water partition coefficient (Wildman–Crippen LogP) is 0.178. The SMILES string of the molecule is O=C1C2CN(C(=O)C3(F)CCC3)CC2CCN1CCO. The topological polar surface area (TPSA) is 60.9 Å². The highest BCUT2D eigenvalue weighted by Crippen LogP contribution is 2.40. The van der Waals surface area contributed by atoms with Crippen LogP contribution in [0.5, 0.6) is 0 Å². The zero-order chi connectivity index (χ0) is 14.3. The number of halogens is 1. The number of nitrogens with zero attached hydrogens (tertiary/aromatic N) is 2. The number of β-amino-alcohol motifs (C(OH)–C–C–N with tert-alkyl or cyclic N) is 1. The lowest BCUT2D eigenvalue weighted by Crippen LogP contribution is -2.50. The average Bonchev–Trinajstić information content (AvgIpc) is 2.83. The second-order valence-corrected chi connectivity index (χ2v) is 6.23. The molecule has 0 spiro atoms. The van der Waals surface area contributed by atoms with E-state index in [0.717, 1.165) is 12.8 Å². The minimum atomic E-state index is -1.67. The standard InChI is InChI=1S/C14H21FN2O3/c15-14(3-1-4-14)13(20)17-8-10-2-5-16(6-7-18)12(19)11(10)9-17/h10-11,18H,1-9H2. The average molecular weight is 284 g/mol. The number of rotatable bonds is 3. The Morgan fingerprint density at radius 2 is 2.15 bits per heavy atom. The van der Waals surface area contributed by atoms with Crippen LogP contribution in [0.4, 0.5) is 4.39 Å². The molecule has 2 heterocycles. The van der Waals surface area contributed by atoms with Crippen molar-refractivity contribution in [3.05, 3.63) is 0 Å². The molecule has 6 heteroatoms. The molecule has 1 aliphatic carbocycles. The van der Waals surface area contributed by atoms with Gasteiger partial charge in [0, 0.05) is 26.2 Å². The molecule has 2 unspecified atom stereocenters. The minimum absolute atomic E-state index is 0.00659. The maximum absolute atomic E-state index is 14.2. The van der Waals surface area contributed by atoms with E-state index in [9.17, 15) is 14.0 Å². The predicted molar refractivity (Wildman–Crippen MR) is 69.5 cm³/mol. The van der Waals surface area contributed by atoms with Crippen LogP contribution in [-0.2, 0) is 9.59 Å². The molecule has 2 saturated heterocycles. The molecule has 2 aliphatic heterocycles. The molecular weight excluding hydrogens is 263 g/mol. The Bertz CT molecular complexity index is 425. The van der Waals surface area contributed by atoms with E-state index in [1.807, 2.05) is 0 Å². The summed E-state index contributed by atoms with van der Waals surface area (Å²) in [6, 6.07) is 0. The summed E-state index contributed by atoms with van der Waals surface area (Å²) in [5, 5.41) is 8.96. The molecule has 0 aromatic rings. The van der Waals surface area contributed by atoms with E-state index in [-0.39, 0.29) is 24.3 Å². The number of aliphatic hydroxyl groups is 1. The summed E-state index contributed by atoms with van der Waals surface area (Å²) in [5.41, 5.74) is -1.67. The van der Waals surface area contributed by atoms with Crippen LogP contribution in [-0.4, -0.2) is 65.2 Å². The van der Waals surface area contributed by atoms with Gasteiger partial charge in [0.05, 0.1) is 12.5 Å². The number of hydrogen-bond donors (Lipinski definition) is 1. The Morgan fingerprint density at radius 1 is 1.40 bits per heavy atom. The molecule has 2 amide bonds. The van der Waals surface area contributed by atoms with Crippen molar-refractivity contribution in [1.82, 2.24) is 9.80 Å². The zero-order valence-electron chi connectivity index (χ0n) is 11.6. The minimum Gasteiger partial charge on any atom is -0.395 e. The molecule has 0 aromatic heterocycles. The van der Waals surface area contributed by atoms with Gasteiger partial charge in [0.25, 0.3) is 5.91 Å². The van der Waals surface area contributed by atoms with Crippen LogP contribution in [0.3, 0.4) is 0 Å². The van der Waals surface area contributed by atoms with Gasteiger partial charge >= 0.3 is 0 Å². The van der Waals surface area contributed by atoms with Gasteiger partial charge in [0.15, 0.2) is 5.67 Å². The molecule has 3 rings (SSSR count). The zero-order valence-corrected chi connectivity index (χ0v) is 11.6. The Morgan fingerprint density at radius 3 is 2.75 bits per heavy atom. The van der Waals surface area contributed by atoms with Gasteiger partial charge in [-0.05, 0) is 31.6 Å². The van der Waals surface area contributed by atoms with Crippen LogP contribution in [0.25, 0.3) is 0 Å². The molecule has 1 N–H and O–H groups in total. The van der Waals surface area contributed by atoms with Gasteiger partial charge in [0.2, 0.25) is 5.91 Å². The van der Waals surface area contributed by atoms with Gasteiger partial charge in [-0.15, -0.1) is 0 Å². The van der Waals surface area contributed by atoms with Crippen LogP contribution >= 0.6 is 0 Å². The monoisotopic (exact) mass is 284 g/mol. The Kier molecular flexibility index (Phi) is 3.44. The number of aliphatic hydroxyl groups excluding tert-OH is 1. The number of carbonyl (C=O) groups excluding carboxylic acids is 2. The summed E-state index contributed by atoms with van der Waals surface area (Å²) in [6.45, 7) is 1.79. The van der Waals surface area contributed by atoms with Crippen LogP contribution in [0, 0.1) is 11.8 Å². The highest BCUT2D eigenvalue weighted by Gasteiger charge is 2.51. The van der Waals surface area contributed by atoms with Crippen LogP contribution in [0.15, 0.2) is 0 Å². The number of likely N-dealkylation sites (tertiary alicyclic amines) is 2. The molecule has 20 heavy (non-hydrogen) atoms. The van der Waals surface area contributed by atoms with Gasteiger partial charge in [-0.1, -0.05) is 0 Å². The molecule has 1 saturated carbocycles. The Labute approximate surface area is 117 Å². The maximum Gasteiger partial charge on any atom is 0.260 e. The molecule has 2 atom stereocenters. The Hall–Kier alpha value is -1.17. The van der Waals surface area contributed by atoms with Gasteiger partial charge in [-0.2, -0.15) is 0 Å². The largest absolute Gasteiger partial charge is 0.395 e. The van der Waals surface area contributed by atoms with Gasteiger partial charge < -0.3 is 14.9 Å². The van der Waals surface area contributed by atoms with Crippen LogP contribution in [0.1, 0.15) is 25.7 Å². The van der Waals surface area contributed by atoms with E-state index in [1.54, 1.807) is 9.80 Å². The molecule has 112 valence electrons. The lowest BCUT2D eigenvalue weighted by Gasteiger charge is -2.35. The van der Waals surface area contributed by atoms with E-state index in [2.05, 4.69) is 0 Å². The third kappa shape index (κ3) is 2.10. The number of amides is 2. The summed E-state index contributed by atoms with van der Waals surface area (Å²) >= 11 is 0. The van der Waals surface area contributed by atoms with Crippen molar-refractivity contribution in [3.8, 4) is 0 Å². The summed E-state index contributed by atoms with van der Waals surface area (Å²) in [4.78, 5) is 27.7. The first-order chi connectivity index (χ1) is 9.55. The highest BCUT2D eigenvalue weighted by molar-refractivity contribution is 5.88. The van der Waals surface area contributed by atoms with Crippen molar-refractivity contribution in [3.63, 3.8) is 0 Å². The molecule has 0 radical (unpaired) electrons. The van der Waals surface area contributed by atoms with Gasteiger partial charge in [-0.3, -0.25) is 9.59 Å². The second kappa shape index (κ2) is 4.98. The van der Waals surface area contributed by atoms with E-state index in [4.69, 9.17) is 5.11 Å². The first-order valence-electron chi connectivity index (χ1n) is 7.43. The van der Waals surface area contributed by atoms with Gasteiger partial charge in [0.1, 0.15) is 0 Å². The van der Waals surface area contributed by atoms with Gasteiger partial charge in [-0.25, -0.2) is 4.39 Å². The fraction of sp³-hybridized carbons (Fsp3) is 0.857. The molecule has 3 aliphatic rings. The molecule has 3 fully saturated rings. The summed E-state index contributed by atoms with van der Waals surface area (Å²) in [5.74, 6) is -0.459. The van der Waals surface area contributed by atoms with E-state index in [1.165, 1.54) is 0 Å².